The molecule has 0 radical (unpaired) electrons. The van der Waals surface area contributed by atoms with E-state index in [-0.39, 0.29) is 5.56 Å². The zero-order valence-electron chi connectivity index (χ0n) is 14.8. The van der Waals surface area contributed by atoms with Gasteiger partial charge in [-0.3, -0.25) is 14.3 Å². The van der Waals surface area contributed by atoms with Crippen LogP contribution in [-0.4, -0.2) is 15.8 Å². The van der Waals surface area contributed by atoms with E-state index in [1.807, 2.05) is 49.4 Å². The molecule has 0 aliphatic rings. The maximum Gasteiger partial charge on any atom is 0.255 e. The van der Waals surface area contributed by atoms with Crippen LogP contribution >= 0.6 is 0 Å². The summed E-state index contributed by atoms with van der Waals surface area (Å²) in [5.74, 6) is 0. The Morgan fingerprint density at radius 3 is 2.74 bits per heavy atom. The lowest BCUT2D eigenvalue weighted by molar-refractivity contribution is 1.04. The van der Waals surface area contributed by atoms with Gasteiger partial charge in [0.25, 0.3) is 5.56 Å². The smallest absolute Gasteiger partial charge is 0.255 e. The van der Waals surface area contributed by atoms with Crippen LogP contribution in [0.5, 0.6) is 0 Å². The van der Waals surface area contributed by atoms with Crippen molar-refractivity contribution in [3.63, 3.8) is 0 Å². The van der Waals surface area contributed by atoms with Crippen LogP contribution in [0.25, 0.3) is 33.1 Å². The predicted molar refractivity (Wildman–Crippen MR) is 111 cm³/mol. The van der Waals surface area contributed by atoms with Crippen molar-refractivity contribution in [2.45, 2.75) is 6.92 Å². The lowest BCUT2D eigenvalue weighted by Crippen LogP contribution is -2.17. The molecular weight excluding hydrogens is 336 g/mol. The molecule has 5 heteroatoms. The van der Waals surface area contributed by atoms with Gasteiger partial charge in [-0.1, -0.05) is 18.2 Å². The highest BCUT2D eigenvalue weighted by atomic mass is 16.1. The fraction of sp³-hybridized carbons (Fsp3) is 0.0455. The minimum absolute atomic E-state index is 0.104. The summed E-state index contributed by atoms with van der Waals surface area (Å²) < 4.78 is 1.71. The Kier molecular flexibility index (Phi) is 4.05. The van der Waals surface area contributed by atoms with E-state index in [1.54, 1.807) is 22.9 Å². The molecule has 0 saturated heterocycles. The lowest BCUT2D eigenvalue weighted by atomic mass is 10.0. The van der Waals surface area contributed by atoms with Gasteiger partial charge in [0, 0.05) is 46.7 Å². The molecule has 0 unspecified atom stereocenters. The van der Waals surface area contributed by atoms with Crippen LogP contribution in [-0.2, 0) is 0 Å². The fourth-order valence-electron chi connectivity index (χ4n) is 3.34. The Morgan fingerprint density at radius 1 is 1.15 bits per heavy atom. The van der Waals surface area contributed by atoms with Gasteiger partial charge >= 0.3 is 0 Å². The van der Waals surface area contributed by atoms with Gasteiger partial charge in [-0.15, -0.1) is 0 Å². The Labute approximate surface area is 155 Å². The molecule has 27 heavy (non-hydrogen) atoms. The second-order valence-electron chi connectivity index (χ2n) is 6.41. The first-order valence-electron chi connectivity index (χ1n) is 8.56. The average Bonchev–Trinajstić information content (AvgIpc) is 2.68. The third kappa shape index (κ3) is 2.79. The second-order valence-corrected chi connectivity index (χ2v) is 6.41. The summed E-state index contributed by atoms with van der Waals surface area (Å²) in [5.41, 5.74) is 10.4. The van der Waals surface area contributed by atoms with Crippen molar-refractivity contribution in [1.82, 2.24) is 9.55 Å². The molecule has 0 amide bonds. The Morgan fingerprint density at radius 2 is 2.00 bits per heavy atom. The van der Waals surface area contributed by atoms with Gasteiger partial charge in [-0.2, -0.15) is 0 Å². The number of hydrogen-bond acceptors (Lipinski definition) is 4. The molecule has 2 aromatic heterocycles. The van der Waals surface area contributed by atoms with E-state index in [9.17, 15) is 4.79 Å². The number of fused-ring (bicyclic) bond motifs is 3. The van der Waals surface area contributed by atoms with Gasteiger partial charge in [0.2, 0.25) is 0 Å². The lowest BCUT2D eigenvalue weighted by Gasteiger charge is -2.14. The molecule has 0 aliphatic carbocycles. The number of nitrogens with two attached hydrogens (primary N) is 1. The molecule has 4 rings (SSSR count). The third-order valence-corrected chi connectivity index (χ3v) is 4.65. The molecular formula is C22H18N4O. The van der Waals surface area contributed by atoms with E-state index in [2.05, 4.69) is 4.98 Å². The van der Waals surface area contributed by atoms with Crippen LogP contribution in [0.2, 0.25) is 0 Å². The SMILES string of the molecule is Cc1cccc(-n2c(=O)ccc3cnc4ccc(/C(C=N)=C/N)cc4c32)c1. The number of nitrogens with zero attached hydrogens (tertiary/aromatic N) is 2. The molecule has 0 spiro atoms. The van der Waals surface area contributed by atoms with E-state index >= 15 is 0 Å². The van der Waals surface area contributed by atoms with Gasteiger partial charge in [0.05, 0.1) is 11.0 Å². The van der Waals surface area contributed by atoms with Crippen molar-refractivity contribution in [3.05, 3.63) is 88.5 Å². The summed E-state index contributed by atoms with van der Waals surface area (Å²) in [6.07, 6.45) is 4.40. The number of benzene rings is 2. The fourth-order valence-corrected chi connectivity index (χ4v) is 3.34. The first kappa shape index (κ1) is 16.7. The predicted octanol–water partition coefficient (Wildman–Crippen LogP) is 3.80. The monoisotopic (exact) mass is 354 g/mol. The minimum atomic E-state index is -0.104. The zero-order valence-corrected chi connectivity index (χ0v) is 14.8. The average molecular weight is 354 g/mol. The molecule has 4 aromatic rings. The van der Waals surface area contributed by atoms with E-state index in [1.165, 1.54) is 12.4 Å². The van der Waals surface area contributed by atoms with Crippen LogP contribution in [0.1, 0.15) is 11.1 Å². The van der Waals surface area contributed by atoms with Gasteiger partial charge < -0.3 is 11.1 Å². The van der Waals surface area contributed by atoms with Gasteiger partial charge in [-0.25, -0.2) is 0 Å². The van der Waals surface area contributed by atoms with Gasteiger partial charge in [0.15, 0.2) is 0 Å². The molecule has 0 aliphatic heterocycles. The minimum Gasteiger partial charge on any atom is -0.404 e. The van der Waals surface area contributed by atoms with Crippen molar-refractivity contribution < 1.29 is 0 Å². The molecule has 3 N–H and O–H groups in total. The molecule has 2 aromatic carbocycles. The number of rotatable bonds is 3. The Hall–Kier alpha value is -3.73. The maximum absolute atomic E-state index is 12.8. The largest absolute Gasteiger partial charge is 0.404 e. The zero-order chi connectivity index (χ0) is 19.0. The van der Waals surface area contributed by atoms with Crippen molar-refractivity contribution in [3.8, 4) is 5.69 Å². The van der Waals surface area contributed by atoms with Crippen molar-refractivity contribution in [2.75, 3.05) is 0 Å². The highest BCUT2D eigenvalue weighted by molar-refractivity contribution is 6.11. The third-order valence-electron chi connectivity index (χ3n) is 4.65. The highest BCUT2D eigenvalue weighted by Crippen LogP contribution is 2.27. The van der Waals surface area contributed by atoms with Crippen LogP contribution < -0.4 is 11.3 Å². The molecule has 2 heterocycles. The van der Waals surface area contributed by atoms with E-state index in [4.69, 9.17) is 11.1 Å². The Bertz CT molecular complexity index is 1280. The first-order chi connectivity index (χ1) is 13.1. The maximum atomic E-state index is 12.8. The summed E-state index contributed by atoms with van der Waals surface area (Å²) >= 11 is 0. The van der Waals surface area contributed by atoms with Crippen molar-refractivity contribution >= 4 is 33.6 Å². The number of hydrogen-bond donors (Lipinski definition) is 2. The van der Waals surface area contributed by atoms with Crippen LogP contribution in [0.15, 0.2) is 71.8 Å². The van der Waals surface area contributed by atoms with Gasteiger partial charge in [-0.05, 0) is 48.4 Å². The topological polar surface area (TPSA) is 84.8 Å². The highest BCUT2D eigenvalue weighted by Gasteiger charge is 2.11. The van der Waals surface area contributed by atoms with Crippen LogP contribution in [0.4, 0.5) is 0 Å². The summed E-state index contributed by atoms with van der Waals surface area (Å²) in [6.45, 7) is 2.00. The quantitative estimate of drug-likeness (QED) is 0.433. The van der Waals surface area contributed by atoms with Crippen LogP contribution in [0.3, 0.4) is 0 Å². The van der Waals surface area contributed by atoms with E-state index in [0.717, 1.165) is 38.6 Å². The molecule has 0 bridgehead atoms. The van der Waals surface area contributed by atoms with Crippen molar-refractivity contribution in [2.24, 2.45) is 5.73 Å². The molecule has 5 nitrogen and oxygen atoms in total. The van der Waals surface area contributed by atoms with Crippen molar-refractivity contribution in [1.29, 1.82) is 5.41 Å². The van der Waals surface area contributed by atoms with Crippen LogP contribution in [0, 0.1) is 12.3 Å². The van der Waals surface area contributed by atoms with Gasteiger partial charge in [0.1, 0.15) is 0 Å². The summed E-state index contributed by atoms with van der Waals surface area (Å²) in [5, 5.41) is 9.27. The summed E-state index contributed by atoms with van der Waals surface area (Å²) in [4.78, 5) is 17.3. The second kappa shape index (κ2) is 6.53. The number of allylic oxidation sites excluding steroid dienone is 1. The summed E-state index contributed by atoms with van der Waals surface area (Å²) in [6, 6.07) is 16.9. The molecule has 132 valence electrons. The molecule has 0 atom stereocenters. The van der Waals surface area contributed by atoms with E-state index < -0.39 is 0 Å². The number of nitrogens with one attached hydrogen (secondary N) is 1. The number of pyridine rings is 2. The first-order valence-corrected chi connectivity index (χ1v) is 8.56. The summed E-state index contributed by atoms with van der Waals surface area (Å²) in [7, 11) is 0. The molecule has 0 saturated carbocycles. The van der Waals surface area contributed by atoms with E-state index in [0.29, 0.717) is 5.57 Å². The standard InChI is InChI=1S/C22H18N4O/c1-14-3-2-4-18(9-14)26-21(27)8-6-16-13-25-20-7-5-15(17(11-23)12-24)10-19(20)22(16)26/h2-13,23H,24H2,1H3/b17-12+,23-11?. The normalized spacial score (nSPS) is 11.8. The Balaban J connectivity index is 2.17. The molecule has 0 fully saturated rings. The number of aryl methyl sites for hydroxylation is 1. The number of aromatic nitrogens is 2.